The average molecular weight is 337 g/mol. The first kappa shape index (κ1) is 15.8. The van der Waals surface area contributed by atoms with Crippen LogP contribution in [0.4, 0.5) is 0 Å². The molecule has 1 aliphatic rings. The molecule has 6 nitrogen and oxygen atoms in total. The summed E-state index contributed by atoms with van der Waals surface area (Å²) in [5, 5.41) is 12.4. The Morgan fingerprint density at radius 1 is 1.24 bits per heavy atom. The van der Waals surface area contributed by atoms with E-state index in [4.69, 9.17) is 9.84 Å². The van der Waals surface area contributed by atoms with Crippen LogP contribution in [0, 0.1) is 0 Å². The number of aromatic nitrogens is 2. The number of imidazole rings is 1. The summed E-state index contributed by atoms with van der Waals surface area (Å²) in [6, 6.07) is 15.3. The molecule has 0 aliphatic carbocycles. The van der Waals surface area contributed by atoms with Crippen LogP contribution in [0.3, 0.4) is 0 Å². The molecule has 0 amide bonds. The second-order valence-electron chi connectivity index (χ2n) is 6.19. The number of benzene rings is 2. The number of carboxylic acids is 1. The van der Waals surface area contributed by atoms with Crippen LogP contribution in [-0.4, -0.2) is 33.8 Å². The van der Waals surface area contributed by atoms with Gasteiger partial charge in [0.1, 0.15) is 12.4 Å². The highest BCUT2D eigenvalue weighted by Crippen LogP contribution is 2.25. The summed E-state index contributed by atoms with van der Waals surface area (Å²) < 4.78 is 7.96. The summed E-state index contributed by atoms with van der Waals surface area (Å²) in [6.07, 6.45) is 0. The zero-order chi connectivity index (χ0) is 17.2. The van der Waals surface area contributed by atoms with E-state index in [2.05, 4.69) is 20.9 Å². The predicted molar refractivity (Wildman–Crippen MR) is 93.5 cm³/mol. The minimum atomic E-state index is -0.904. The van der Waals surface area contributed by atoms with Gasteiger partial charge in [-0.1, -0.05) is 24.3 Å². The largest absolute Gasteiger partial charge is 0.478 e. The minimum absolute atomic E-state index is 0.189. The fraction of sp³-hybridized carbons (Fsp3) is 0.263. The third-order valence-corrected chi connectivity index (χ3v) is 4.49. The summed E-state index contributed by atoms with van der Waals surface area (Å²) in [5.74, 6) is 0.0587. The molecule has 25 heavy (non-hydrogen) atoms. The molecule has 1 aliphatic heterocycles. The molecule has 0 fully saturated rings. The zero-order valence-electron chi connectivity index (χ0n) is 13.7. The van der Waals surface area contributed by atoms with Crippen molar-refractivity contribution in [3.63, 3.8) is 0 Å². The second-order valence-corrected chi connectivity index (χ2v) is 6.19. The van der Waals surface area contributed by atoms with E-state index in [1.807, 2.05) is 30.3 Å². The number of para-hydroxylation sites is 2. The van der Waals surface area contributed by atoms with Crippen molar-refractivity contribution in [1.82, 2.24) is 14.9 Å². The van der Waals surface area contributed by atoms with Gasteiger partial charge in [-0.3, -0.25) is 0 Å². The Hall–Kier alpha value is -2.70. The van der Waals surface area contributed by atoms with Gasteiger partial charge in [-0.2, -0.15) is 0 Å². The van der Waals surface area contributed by atoms with Crippen LogP contribution in [0.25, 0.3) is 11.0 Å². The van der Waals surface area contributed by atoms with Crippen LogP contribution in [0.2, 0.25) is 0 Å². The van der Waals surface area contributed by atoms with Gasteiger partial charge in [0, 0.05) is 13.1 Å². The van der Waals surface area contributed by atoms with Gasteiger partial charge in [-0.15, -0.1) is 0 Å². The van der Waals surface area contributed by atoms with E-state index in [9.17, 15) is 4.79 Å². The van der Waals surface area contributed by atoms with E-state index >= 15 is 0 Å². The molecular weight excluding hydrogens is 318 g/mol. The molecule has 0 saturated carbocycles. The Bertz CT molecular complexity index is 902. The third kappa shape index (κ3) is 3.14. The Labute approximate surface area is 145 Å². The number of nitrogens with zero attached hydrogens (tertiary/aromatic N) is 2. The zero-order valence-corrected chi connectivity index (χ0v) is 13.7. The number of rotatable bonds is 5. The van der Waals surface area contributed by atoms with Crippen molar-refractivity contribution >= 4 is 17.0 Å². The molecule has 1 atom stereocenters. The van der Waals surface area contributed by atoms with E-state index in [-0.39, 0.29) is 6.04 Å². The summed E-state index contributed by atoms with van der Waals surface area (Å²) in [6.45, 7) is 2.63. The number of hydrogen-bond acceptors (Lipinski definition) is 4. The minimum Gasteiger partial charge on any atom is -0.478 e. The van der Waals surface area contributed by atoms with E-state index in [1.54, 1.807) is 12.1 Å². The highest BCUT2D eigenvalue weighted by molar-refractivity contribution is 5.87. The SMILES string of the molecule is O=C(O)c1ccc(CNC[C@H]2COCc3nc4ccccc4n32)cc1. The molecular formula is C19H19N3O3. The van der Waals surface area contributed by atoms with E-state index in [1.165, 1.54) is 0 Å². The van der Waals surface area contributed by atoms with Crippen molar-refractivity contribution < 1.29 is 14.6 Å². The molecule has 1 aromatic heterocycles. The molecule has 128 valence electrons. The van der Waals surface area contributed by atoms with Gasteiger partial charge in [0.05, 0.1) is 29.2 Å². The van der Waals surface area contributed by atoms with E-state index in [0.29, 0.717) is 25.3 Å². The molecule has 2 N–H and O–H groups in total. The van der Waals surface area contributed by atoms with Crippen LogP contribution >= 0.6 is 0 Å². The Balaban J connectivity index is 1.45. The average Bonchev–Trinajstić information content (AvgIpc) is 3.01. The molecule has 3 aromatic rings. The third-order valence-electron chi connectivity index (χ3n) is 4.49. The lowest BCUT2D eigenvalue weighted by molar-refractivity contribution is 0.0564. The van der Waals surface area contributed by atoms with Crippen molar-refractivity contribution in [3.8, 4) is 0 Å². The lowest BCUT2D eigenvalue weighted by atomic mass is 10.1. The monoisotopic (exact) mass is 337 g/mol. The number of carbonyl (C=O) groups is 1. The van der Waals surface area contributed by atoms with Crippen LogP contribution in [0.5, 0.6) is 0 Å². The number of carboxylic acid groups (broad SMARTS) is 1. The normalized spacial score (nSPS) is 16.7. The van der Waals surface area contributed by atoms with Gasteiger partial charge in [-0.25, -0.2) is 9.78 Å². The first-order valence-electron chi connectivity index (χ1n) is 8.29. The van der Waals surface area contributed by atoms with Crippen molar-refractivity contribution in [3.05, 3.63) is 65.5 Å². The van der Waals surface area contributed by atoms with Gasteiger partial charge in [0.25, 0.3) is 0 Å². The molecule has 4 rings (SSSR count). The van der Waals surface area contributed by atoms with Crippen molar-refractivity contribution in [2.45, 2.75) is 19.2 Å². The van der Waals surface area contributed by atoms with Gasteiger partial charge >= 0.3 is 5.97 Å². The fourth-order valence-electron chi connectivity index (χ4n) is 3.26. The van der Waals surface area contributed by atoms with Crippen molar-refractivity contribution in [1.29, 1.82) is 0 Å². The molecule has 2 heterocycles. The molecule has 6 heteroatoms. The van der Waals surface area contributed by atoms with Crippen molar-refractivity contribution in [2.24, 2.45) is 0 Å². The maximum absolute atomic E-state index is 10.9. The number of ether oxygens (including phenoxy) is 1. The first-order valence-corrected chi connectivity index (χ1v) is 8.29. The summed E-state index contributed by atoms with van der Waals surface area (Å²) in [7, 11) is 0. The molecule has 0 bridgehead atoms. The Morgan fingerprint density at radius 2 is 2.04 bits per heavy atom. The highest BCUT2D eigenvalue weighted by atomic mass is 16.5. The number of hydrogen-bond donors (Lipinski definition) is 2. The molecule has 0 spiro atoms. The van der Waals surface area contributed by atoms with Gasteiger partial charge in [0.2, 0.25) is 0 Å². The molecule has 0 radical (unpaired) electrons. The topological polar surface area (TPSA) is 76.4 Å². The van der Waals surface area contributed by atoms with Gasteiger partial charge in [-0.05, 0) is 29.8 Å². The molecule has 0 unspecified atom stereocenters. The quantitative estimate of drug-likeness (QED) is 0.748. The van der Waals surface area contributed by atoms with Crippen LogP contribution in [0.1, 0.15) is 27.8 Å². The lowest BCUT2D eigenvalue weighted by Crippen LogP contribution is -2.32. The van der Waals surface area contributed by atoms with Crippen LogP contribution < -0.4 is 5.32 Å². The summed E-state index contributed by atoms with van der Waals surface area (Å²) >= 11 is 0. The van der Waals surface area contributed by atoms with E-state index < -0.39 is 5.97 Å². The van der Waals surface area contributed by atoms with Crippen LogP contribution in [-0.2, 0) is 17.9 Å². The highest BCUT2D eigenvalue weighted by Gasteiger charge is 2.23. The number of aromatic carboxylic acids is 1. The van der Waals surface area contributed by atoms with Crippen molar-refractivity contribution in [2.75, 3.05) is 13.2 Å². The number of fused-ring (bicyclic) bond motifs is 3. The predicted octanol–water partition coefficient (Wildman–Crippen LogP) is 2.60. The standard InChI is InChI=1S/C19H19N3O3/c23-19(24)14-7-5-13(6-8-14)9-20-10-15-11-25-12-18-21-16-3-1-2-4-17(16)22(15)18/h1-8,15,20H,9-12H2,(H,23,24)/t15-/m0/s1. The Kier molecular flexibility index (Phi) is 4.21. The summed E-state index contributed by atoms with van der Waals surface area (Å²) in [5.41, 5.74) is 3.49. The first-order chi connectivity index (χ1) is 12.2. The van der Waals surface area contributed by atoms with Gasteiger partial charge < -0.3 is 19.7 Å². The number of nitrogens with one attached hydrogen (secondary N) is 1. The maximum Gasteiger partial charge on any atom is 0.335 e. The second kappa shape index (κ2) is 6.66. The van der Waals surface area contributed by atoms with Gasteiger partial charge in [0.15, 0.2) is 0 Å². The fourth-order valence-corrected chi connectivity index (χ4v) is 3.26. The molecule has 0 saturated heterocycles. The maximum atomic E-state index is 10.9. The lowest BCUT2D eigenvalue weighted by Gasteiger charge is -2.26. The smallest absolute Gasteiger partial charge is 0.335 e. The van der Waals surface area contributed by atoms with E-state index in [0.717, 1.165) is 29.0 Å². The Morgan fingerprint density at radius 3 is 2.84 bits per heavy atom. The molecule has 2 aromatic carbocycles. The van der Waals surface area contributed by atoms with Crippen LogP contribution in [0.15, 0.2) is 48.5 Å². The summed E-state index contributed by atoms with van der Waals surface area (Å²) in [4.78, 5) is 15.5.